The third kappa shape index (κ3) is 3.05. The Bertz CT molecular complexity index is 670. The molecule has 3 heteroatoms. The first-order chi connectivity index (χ1) is 12.6. The van der Waals surface area contributed by atoms with Crippen molar-refractivity contribution in [2.75, 3.05) is 18.8 Å². The van der Waals surface area contributed by atoms with Gasteiger partial charge in [0.05, 0.1) is 12.4 Å². The monoisotopic (exact) mass is 354 g/mol. The maximum Gasteiger partial charge on any atom is 0.0996 e. The van der Waals surface area contributed by atoms with Crippen LogP contribution in [0.15, 0.2) is 36.1 Å². The number of benzene rings is 1. The maximum absolute atomic E-state index is 6.33. The van der Waals surface area contributed by atoms with E-state index in [4.69, 9.17) is 10.5 Å². The number of piperidine rings is 2. The zero-order valence-corrected chi connectivity index (χ0v) is 16.5. The van der Waals surface area contributed by atoms with Gasteiger partial charge in [-0.1, -0.05) is 38.5 Å². The molecule has 3 aliphatic heterocycles. The highest BCUT2D eigenvalue weighted by Gasteiger charge is 2.46. The zero-order valence-electron chi connectivity index (χ0n) is 16.5. The van der Waals surface area contributed by atoms with Crippen molar-refractivity contribution in [3.05, 3.63) is 41.7 Å². The van der Waals surface area contributed by atoms with Crippen LogP contribution in [0.2, 0.25) is 0 Å². The Hall–Kier alpha value is -1.48. The summed E-state index contributed by atoms with van der Waals surface area (Å²) in [5, 5.41) is 0. The molecule has 2 N–H and O–H groups in total. The van der Waals surface area contributed by atoms with Gasteiger partial charge in [0.25, 0.3) is 0 Å². The van der Waals surface area contributed by atoms with Crippen LogP contribution in [-0.4, -0.2) is 30.1 Å². The number of para-hydroxylation sites is 1. The van der Waals surface area contributed by atoms with Crippen LogP contribution in [0.25, 0.3) is 0 Å². The van der Waals surface area contributed by atoms with Crippen molar-refractivity contribution in [2.24, 2.45) is 17.8 Å². The number of hydrogen-bond donors (Lipinski definition) is 1. The van der Waals surface area contributed by atoms with Gasteiger partial charge in [-0.25, -0.2) is 0 Å². The van der Waals surface area contributed by atoms with Crippen LogP contribution in [0.4, 0.5) is 5.69 Å². The van der Waals surface area contributed by atoms with E-state index in [2.05, 4.69) is 56.2 Å². The van der Waals surface area contributed by atoms with E-state index in [9.17, 15) is 0 Å². The van der Waals surface area contributed by atoms with Gasteiger partial charge in [0.1, 0.15) is 0 Å². The number of rotatable bonds is 3. The molecule has 1 aromatic rings. The van der Waals surface area contributed by atoms with E-state index >= 15 is 0 Å². The molecule has 0 aliphatic carbocycles. The summed E-state index contributed by atoms with van der Waals surface area (Å²) in [5.41, 5.74) is 10.2. The Kier molecular flexibility index (Phi) is 5.00. The van der Waals surface area contributed by atoms with Gasteiger partial charge in [0.15, 0.2) is 0 Å². The molecule has 2 fully saturated rings. The summed E-state index contributed by atoms with van der Waals surface area (Å²) in [6.07, 6.45) is 7.35. The summed E-state index contributed by atoms with van der Waals surface area (Å²) in [6.45, 7) is 9.38. The van der Waals surface area contributed by atoms with E-state index in [1.807, 2.05) is 0 Å². The Balaban J connectivity index is 1.58. The number of nitrogens with zero attached hydrogens (tertiary/aromatic N) is 1. The lowest BCUT2D eigenvalue weighted by atomic mass is 9.66. The highest BCUT2D eigenvalue weighted by Crippen LogP contribution is 2.48. The first-order valence-electron chi connectivity index (χ1n) is 10.5. The molecule has 0 aromatic heterocycles. The van der Waals surface area contributed by atoms with Crippen molar-refractivity contribution in [3.63, 3.8) is 0 Å². The van der Waals surface area contributed by atoms with Gasteiger partial charge in [-0.3, -0.25) is 4.90 Å². The van der Waals surface area contributed by atoms with Crippen molar-refractivity contribution in [3.8, 4) is 0 Å². The number of hydrogen-bond acceptors (Lipinski definition) is 3. The molecule has 26 heavy (non-hydrogen) atoms. The van der Waals surface area contributed by atoms with Crippen LogP contribution < -0.4 is 5.73 Å². The van der Waals surface area contributed by atoms with Gasteiger partial charge >= 0.3 is 0 Å². The van der Waals surface area contributed by atoms with E-state index in [1.54, 1.807) is 5.57 Å². The first kappa shape index (κ1) is 17.9. The van der Waals surface area contributed by atoms with Gasteiger partial charge in [-0.05, 0) is 67.7 Å². The predicted molar refractivity (Wildman–Crippen MR) is 108 cm³/mol. The molecular weight excluding hydrogens is 320 g/mol. The molecule has 5 unspecified atom stereocenters. The number of fused-ring (bicyclic) bond motifs is 2. The van der Waals surface area contributed by atoms with E-state index in [0.717, 1.165) is 5.69 Å². The van der Waals surface area contributed by atoms with E-state index in [-0.39, 0.29) is 0 Å². The summed E-state index contributed by atoms with van der Waals surface area (Å²) in [7, 11) is 0. The van der Waals surface area contributed by atoms with Gasteiger partial charge in [0.2, 0.25) is 0 Å². The number of ether oxygens (including phenoxy) is 1. The molecule has 0 bridgehead atoms. The van der Waals surface area contributed by atoms with E-state index in [0.29, 0.717) is 35.8 Å². The summed E-state index contributed by atoms with van der Waals surface area (Å²) < 4.78 is 6.02. The highest BCUT2D eigenvalue weighted by molar-refractivity contribution is 5.49. The Morgan fingerprint density at radius 1 is 1.19 bits per heavy atom. The van der Waals surface area contributed by atoms with Crippen molar-refractivity contribution >= 4 is 5.69 Å². The molecule has 0 radical (unpaired) electrons. The van der Waals surface area contributed by atoms with Crippen LogP contribution in [0.5, 0.6) is 0 Å². The van der Waals surface area contributed by atoms with Crippen LogP contribution >= 0.6 is 0 Å². The number of anilines is 1. The topological polar surface area (TPSA) is 38.5 Å². The molecule has 0 saturated carbocycles. The average Bonchev–Trinajstić information content (AvgIpc) is 2.65. The van der Waals surface area contributed by atoms with Crippen LogP contribution in [0.1, 0.15) is 57.9 Å². The van der Waals surface area contributed by atoms with Crippen molar-refractivity contribution in [1.29, 1.82) is 0 Å². The molecule has 2 saturated heterocycles. The smallest absolute Gasteiger partial charge is 0.0996 e. The molecule has 6 atom stereocenters. The average molecular weight is 355 g/mol. The van der Waals surface area contributed by atoms with Crippen LogP contribution in [-0.2, 0) is 4.74 Å². The molecule has 3 nitrogen and oxygen atoms in total. The SMILES string of the molecule is CCCC1=CO[C@@H](C)C2CN3CCC(c4ccccc4N)C(C)C3CC12. The van der Waals surface area contributed by atoms with Crippen molar-refractivity contribution in [2.45, 2.75) is 64.5 Å². The van der Waals surface area contributed by atoms with Gasteiger partial charge in [0, 0.05) is 24.2 Å². The van der Waals surface area contributed by atoms with Crippen molar-refractivity contribution in [1.82, 2.24) is 4.90 Å². The highest BCUT2D eigenvalue weighted by atomic mass is 16.5. The van der Waals surface area contributed by atoms with Crippen LogP contribution in [0, 0.1) is 17.8 Å². The second-order valence-corrected chi connectivity index (χ2v) is 8.74. The summed E-state index contributed by atoms with van der Waals surface area (Å²) in [6, 6.07) is 9.17. The van der Waals surface area contributed by atoms with Crippen molar-refractivity contribution < 1.29 is 4.74 Å². The number of allylic oxidation sites excluding steroid dienone is 1. The normalized spacial score (nSPS) is 37.3. The molecule has 0 amide bonds. The molecule has 1 aromatic carbocycles. The fourth-order valence-corrected chi connectivity index (χ4v) is 5.86. The lowest BCUT2D eigenvalue weighted by Crippen LogP contribution is -2.57. The quantitative estimate of drug-likeness (QED) is 0.792. The molecule has 142 valence electrons. The third-order valence-electron chi connectivity index (χ3n) is 7.34. The Labute approximate surface area is 158 Å². The molecule has 3 heterocycles. The van der Waals surface area contributed by atoms with Crippen LogP contribution in [0.3, 0.4) is 0 Å². The number of nitrogens with two attached hydrogens (primary N) is 1. The second kappa shape index (κ2) is 7.26. The minimum absolute atomic E-state index is 0.347. The summed E-state index contributed by atoms with van der Waals surface area (Å²) in [5.74, 6) is 2.60. The van der Waals surface area contributed by atoms with E-state index in [1.165, 1.54) is 44.3 Å². The van der Waals surface area contributed by atoms with Gasteiger partial charge in [-0.2, -0.15) is 0 Å². The largest absolute Gasteiger partial charge is 0.498 e. The maximum atomic E-state index is 6.33. The first-order valence-corrected chi connectivity index (χ1v) is 10.5. The zero-order chi connectivity index (χ0) is 18.3. The predicted octanol–water partition coefficient (Wildman–Crippen LogP) is 4.80. The molecule has 0 spiro atoms. The lowest BCUT2D eigenvalue weighted by Gasteiger charge is -2.54. The minimum atomic E-state index is 0.347. The fraction of sp³-hybridized carbons (Fsp3) is 0.652. The molecule has 4 rings (SSSR count). The minimum Gasteiger partial charge on any atom is -0.498 e. The van der Waals surface area contributed by atoms with Gasteiger partial charge < -0.3 is 10.5 Å². The Morgan fingerprint density at radius 2 is 2.00 bits per heavy atom. The Morgan fingerprint density at radius 3 is 2.77 bits per heavy atom. The summed E-state index contributed by atoms with van der Waals surface area (Å²) in [4.78, 5) is 2.76. The number of nitrogen functional groups attached to an aromatic ring is 1. The third-order valence-corrected chi connectivity index (χ3v) is 7.34. The molecule has 3 aliphatic rings. The lowest BCUT2D eigenvalue weighted by molar-refractivity contribution is -0.0493. The second-order valence-electron chi connectivity index (χ2n) is 8.74. The van der Waals surface area contributed by atoms with Gasteiger partial charge in [-0.15, -0.1) is 0 Å². The summed E-state index contributed by atoms with van der Waals surface area (Å²) >= 11 is 0. The van der Waals surface area contributed by atoms with E-state index < -0.39 is 0 Å². The molecular formula is C23H34N2O. The fourth-order valence-electron chi connectivity index (χ4n) is 5.86. The standard InChI is InChI=1S/C23H34N2O/c1-4-7-17-14-26-16(3)21-13-25-11-10-18(15(2)23(25)12-20(17)21)19-8-5-6-9-22(19)24/h5-6,8-9,14-16,18,20-21,23H,4,7,10-13,24H2,1-3H3/t15?,16-,18?,20?,21?,23?/m0/s1.